The molecule has 0 aromatic rings. The van der Waals surface area contributed by atoms with E-state index < -0.39 is 0 Å². The molecule has 0 aromatic heterocycles. The Morgan fingerprint density at radius 2 is 1.50 bits per heavy atom. The van der Waals surface area contributed by atoms with E-state index in [1.807, 2.05) is 0 Å². The standard InChI is InChI=1S/C5H10S.CH3F/c1-2-4-6-5-3-1;1-2/h1-5H2;1H3. The first kappa shape index (κ1) is 8.28. The van der Waals surface area contributed by atoms with E-state index in [9.17, 15) is 4.39 Å². The summed E-state index contributed by atoms with van der Waals surface area (Å²) in [5.74, 6) is 2.83. The Labute approximate surface area is 54.9 Å². The molecular formula is C6H13FS. The van der Waals surface area contributed by atoms with Gasteiger partial charge in [-0.2, -0.15) is 11.8 Å². The zero-order valence-electron chi connectivity index (χ0n) is 5.32. The molecule has 2 heteroatoms. The third kappa shape index (κ3) is 4.44. The first-order chi connectivity index (χ1) is 4.00. The minimum Gasteiger partial charge on any atom is -0.255 e. The molecule has 0 aliphatic carbocycles. The van der Waals surface area contributed by atoms with Gasteiger partial charge in [0.05, 0.1) is 7.18 Å². The van der Waals surface area contributed by atoms with Crippen LogP contribution in [0, 0.1) is 0 Å². The lowest BCUT2D eigenvalue weighted by molar-refractivity contribution is 0.636. The number of alkyl halides is 1. The molecule has 1 aliphatic heterocycles. The van der Waals surface area contributed by atoms with Gasteiger partial charge in [0, 0.05) is 0 Å². The number of rotatable bonds is 0. The number of thioether (sulfide) groups is 1. The van der Waals surface area contributed by atoms with Crippen LogP contribution in [0.4, 0.5) is 4.39 Å². The first-order valence-corrected chi connectivity index (χ1v) is 4.11. The highest BCUT2D eigenvalue weighted by Gasteiger charge is 1.95. The average Bonchev–Trinajstić information content (AvgIpc) is 1.96. The summed E-state index contributed by atoms with van der Waals surface area (Å²) in [5, 5.41) is 0. The van der Waals surface area contributed by atoms with Crippen LogP contribution >= 0.6 is 11.8 Å². The van der Waals surface area contributed by atoms with Gasteiger partial charge >= 0.3 is 0 Å². The van der Waals surface area contributed by atoms with Crippen LogP contribution in [0.3, 0.4) is 0 Å². The smallest absolute Gasteiger partial charge is 0.0785 e. The summed E-state index contributed by atoms with van der Waals surface area (Å²) in [6.45, 7) is 0. The Balaban J connectivity index is 0.000000222. The van der Waals surface area contributed by atoms with Crippen molar-refractivity contribution >= 4 is 11.8 Å². The van der Waals surface area contributed by atoms with Gasteiger partial charge in [-0.05, 0) is 24.3 Å². The van der Waals surface area contributed by atoms with E-state index in [2.05, 4.69) is 11.8 Å². The van der Waals surface area contributed by atoms with E-state index in [4.69, 9.17) is 0 Å². The maximum absolute atomic E-state index is 9.50. The van der Waals surface area contributed by atoms with Crippen LogP contribution < -0.4 is 0 Å². The molecule has 0 spiro atoms. The zero-order valence-corrected chi connectivity index (χ0v) is 6.14. The summed E-state index contributed by atoms with van der Waals surface area (Å²) in [4.78, 5) is 0. The molecule has 1 aliphatic rings. The Hall–Kier alpha value is 0.280. The summed E-state index contributed by atoms with van der Waals surface area (Å²) in [5.41, 5.74) is 0. The van der Waals surface area contributed by atoms with Gasteiger partial charge in [-0.25, -0.2) is 0 Å². The van der Waals surface area contributed by atoms with Crippen LogP contribution in [0.25, 0.3) is 0 Å². The van der Waals surface area contributed by atoms with E-state index in [0.717, 1.165) is 0 Å². The molecule has 1 rings (SSSR count). The third-order valence-corrected chi connectivity index (χ3v) is 2.23. The molecular weight excluding hydrogens is 123 g/mol. The molecule has 0 atom stereocenters. The highest BCUT2D eigenvalue weighted by molar-refractivity contribution is 7.99. The van der Waals surface area contributed by atoms with Crippen molar-refractivity contribution in [2.45, 2.75) is 19.3 Å². The van der Waals surface area contributed by atoms with Crippen molar-refractivity contribution in [3.05, 3.63) is 0 Å². The maximum atomic E-state index is 9.50. The summed E-state index contributed by atoms with van der Waals surface area (Å²) < 4.78 is 9.50. The van der Waals surface area contributed by atoms with Crippen LogP contribution in [0.15, 0.2) is 0 Å². The lowest BCUT2D eigenvalue weighted by Gasteiger charge is -2.05. The van der Waals surface area contributed by atoms with E-state index >= 15 is 0 Å². The molecule has 8 heavy (non-hydrogen) atoms. The van der Waals surface area contributed by atoms with Gasteiger partial charge in [0.15, 0.2) is 0 Å². The fourth-order valence-electron chi connectivity index (χ4n) is 0.687. The SMILES string of the molecule is C1CCSCC1.CF. The molecule has 0 aromatic carbocycles. The largest absolute Gasteiger partial charge is 0.255 e. The van der Waals surface area contributed by atoms with E-state index in [0.29, 0.717) is 7.18 Å². The van der Waals surface area contributed by atoms with Crippen LogP contribution in [-0.2, 0) is 0 Å². The van der Waals surface area contributed by atoms with E-state index in [1.54, 1.807) is 0 Å². The molecule has 0 bridgehead atoms. The fourth-order valence-corrected chi connectivity index (χ4v) is 1.71. The van der Waals surface area contributed by atoms with Crippen molar-refractivity contribution in [2.24, 2.45) is 0 Å². The minimum atomic E-state index is 0.500. The van der Waals surface area contributed by atoms with Crippen molar-refractivity contribution in [2.75, 3.05) is 18.7 Å². The molecule has 0 saturated carbocycles. The van der Waals surface area contributed by atoms with Crippen molar-refractivity contribution in [1.82, 2.24) is 0 Å². The normalized spacial score (nSPS) is 18.8. The molecule has 1 heterocycles. The minimum absolute atomic E-state index is 0.500. The molecule has 1 saturated heterocycles. The second kappa shape index (κ2) is 7.28. The Bertz CT molecular complexity index is 24.0. The highest BCUT2D eigenvalue weighted by Crippen LogP contribution is 2.14. The molecule has 0 amide bonds. The van der Waals surface area contributed by atoms with Gasteiger partial charge < -0.3 is 0 Å². The van der Waals surface area contributed by atoms with Gasteiger partial charge in [0.25, 0.3) is 0 Å². The number of hydrogen-bond donors (Lipinski definition) is 0. The first-order valence-electron chi connectivity index (χ1n) is 2.96. The third-order valence-electron chi connectivity index (χ3n) is 1.08. The van der Waals surface area contributed by atoms with Crippen LogP contribution in [0.5, 0.6) is 0 Å². The van der Waals surface area contributed by atoms with Gasteiger partial charge in [0.1, 0.15) is 0 Å². The van der Waals surface area contributed by atoms with Crippen molar-refractivity contribution < 1.29 is 4.39 Å². The second-order valence-electron chi connectivity index (χ2n) is 1.67. The predicted molar refractivity (Wildman–Crippen MR) is 38.2 cm³/mol. The number of hydrogen-bond acceptors (Lipinski definition) is 1. The van der Waals surface area contributed by atoms with Gasteiger partial charge in [0.2, 0.25) is 0 Å². The van der Waals surface area contributed by atoms with E-state index in [1.165, 1.54) is 30.8 Å². The Morgan fingerprint density at radius 3 is 1.62 bits per heavy atom. The van der Waals surface area contributed by atoms with E-state index in [-0.39, 0.29) is 0 Å². The zero-order chi connectivity index (χ0) is 6.24. The molecule has 50 valence electrons. The molecule has 0 unspecified atom stereocenters. The summed E-state index contributed by atoms with van der Waals surface area (Å²) in [6.07, 6.45) is 4.41. The quantitative estimate of drug-likeness (QED) is 0.493. The fraction of sp³-hybridized carbons (Fsp3) is 1.00. The van der Waals surface area contributed by atoms with Crippen molar-refractivity contribution in [3.63, 3.8) is 0 Å². The van der Waals surface area contributed by atoms with Crippen LogP contribution in [0.2, 0.25) is 0 Å². The second-order valence-corrected chi connectivity index (χ2v) is 2.90. The van der Waals surface area contributed by atoms with Gasteiger partial charge in [-0.3, -0.25) is 4.39 Å². The van der Waals surface area contributed by atoms with Gasteiger partial charge in [-0.15, -0.1) is 0 Å². The topological polar surface area (TPSA) is 0 Å². The Morgan fingerprint density at radius 1 is 1.00 bits per heavy atom. The Kier molecular flexibility index (Phi) is 7.53. The summed E-state index contributed by atoms with van der Waals surface area (Å²) in [7, 11) is 0.500. The van der Waals surface area contributed by atoms with Gasteiger partial charge in [-0.1, -0.05) is 6.42 Å². The molecule has 0 nitrogen and oxygen atoms in total. The van der Waals surface area contributed by atoms with Crippen LogP contribution in [-0.4, -0.2) is 18.7 Å². The van der Waals surface area contributed by atoms with Crippen molar-refractivity contribution in [1.29, 1.82) is 0 Å². The van der Waals surface area contributed by atoms with Crippen molar-refractivity contribution in [3.8, 4) is 0 Å². The molecule has 0 N–H and O–H groups in total. The molecule has 1 fully saturated rings. The number of halogens is 1. The highest BCUT2D eigenvalue weighted by atomic mass is 32.2. The summed E-state index contributed by atoms with van der Waals surface area (Å²) >= 11 is 2.09. The lowest BCUT2D eigenvalue weighted by Crippen LogP contribution is -1.91. The lowest BCUT2D eigenvalue weighted by atomic mass is 10.3. The van der Waals surface area contributed by atoms with Crippen LogP contribution in [0.1, 0.15) is 19.3 Å². The maximum Gasteiger partial charge on any atom is 0.0785 e. The predicted octanol–water partition coefficient (Wildman–Crippen LogP) is 2.49. The summed E-state index contributed by atoms with van der Waals surface area (Å²) in [6, 6.07) is 0. The average molecular weight is 136 g/mol. The molecule has 0 radical (unpaired) electrons. The monoisotopic (exact) mass is 136 g/mol.